The summed E-state index contributed by atoms with van der Waals surface area (Å²) in [6.07, 6.45) is 0.734. The summed E-state index contributed by atoms with van der Waals surface area (Å²) in [5.74, 6) is 0.609. The van der Waals surface area contributed by atoms with Crippen molar-refractivity contribution in [1.82, 2.24) is 10.2 Å². The van der Waals surface area contributed by atoms with Crippen LogP contribution in [0.25, 0.3) is 0 Å². The second-order valence-electron chi connectivity index (χ2n) is 6.17. The van der Waals surface area contributed by atoms with Gasteiger partial charge in [-0.25, -0.2) is 4.39 Å². The number of methoxy groups -OCH3 is 1. The van der Waals surface area contributed by atoms with E-state index in [1.54, 1.807) is 25.3 Å². The van der Waals surface area contributed by atoms with Gasteiger partial charge < -0.3 is 15.0 Å². The van der Waals surface area contributed by atoms with E-state index in [4.69, 9.17) is 4.74 Å². The lowest BCUT2D eigenvalue weighted by atomic mass is 10.0. The molecule has 5 heteroatoms. The summed E-state index contributed by atoms with van der Waals surface area (Å²) < 4.78 is 18.9. The summed E-state index contributed by atoms with van der Waals surface area (Å²) in [7, 11) is 1.63. The maximum absolute atomic E-state index is 13.7. The lowest BCUT2D eigenvalue weighted by molar-refractivity contribution is -0.134. The number of aryl methyl sites for hydroxylation is 1. The van der Waals surface area contributed by atoms with Gasteiger partial charge >= 0.3 is 0 Å². The molecule has 2 aromatic rings. The summed E-state index contributed by atoms with van der Waals surface area (Å²) in [4.78, 5) is 14.6. The van der Waals surface area contributed by atoms with Crippen LogP contribution in [0.4, 0.5) is 4.39 Å². The first kappa shape index (κ1) is 17.4. The molecule has 0 saturated carbocycles. The number of carbonyl (C=O) groups is 1. The molecule has 1 saturated heterocycles. The molecule has 0 aliphatic carbocycles. The van der Waals surface area contributed by atoms with Gasteiger partial charge in [-0.1, -0.05) is 30.3 Å². The number of carbonyl (C=O) groups excluding carboxylic acids is 1. The van der Waals surface area contributed by atoms with Crippen LogP contribution in [0.2, 0.25) is 0 Å². The molecule has 132 valence electrons. The minimum Gasteiger partial charge on any atom is -0.497 e. The van der Waals surface area contributed by atoms with Crippen LogP contribution < -0.4 is 10.1 Å². The van der Waals surface area contributed by atoms with Crippen molar-refractivity contribution in [2.24, 2.45) is 0 Å². The number of ether oxygens (including phenoxy) is 1. The van der Waals surface area contributed by atoms with Gasteiger partial charge in [-0.2, -0.15) is 0 Å². The van der Waals surface area contributed by atoms with Gasteiger partial charge in [0.15, 0.2) is 0 Å². The minimum absolute atomic E-state index is 0.00669. The van der Waals surface area contributed by atoms with E-state index in [0.717, 1.165) is 24.4 Å². The number of rotatable bonds is 5. The van der Waals surface area contributed by atoms with Crippen LogP contribution in [0.5, 0.6) is 5.75 Å². The summed E-state index contributed by atoms with van der Waals surface area (Å²) in [5.41, 5.74) is 1.67. The molecule has 4 nitrogen and oxygen atoms in total. The normalized spacial score (nSPS) is 17.4. The Bertz CT molecular complexity index is 718. The van der Waals surface area contributed by atoms with Crippen LogP contribution in [0.15, 0.2) is 48.5 Å². The standard InChI is InChI=1S/C20H23FN2O2/c1-25-17-9-6-16(7-10-17)19-14-22-12-13-23(19)20(24)11-8-15-4-2-3-5-18(15)21/h2-7,9-10,19,22H,8,11-14H2,1H3. The number of piperazine rings is 1. The van der Waals surface area contributed by atoms with E-state index in [2.05, 4.69) is 5.32 Å². The van der Waals surface area contributed by atoms with Crippen LogP contribution in [0, 0.1) is 5.82 Å². The van der Waals surface area contributed by atoms with Crippen LogP contribution in [0.1, 0.15) is 23.6 Å². The smallest absolute Gasteiger partial charge is 0.223 e. The van der Waals surface area contributed by atoms with Crippen molar-refractivity contribution in [2.45, 2.75) is 18.9 Å². The first-order valence-electron chi connectivity index (χ1n) is 8.56. The maximum Gasteiger partial charge on any atom is 0.223 e. The Morgan fingerprint density at radius 2 is 2.00 bits per heavy atom. The SMILES string of the molecule is COc1ccc(C2CNCCN2C(=O)CCc2ccccc2F)cc1. The predicted molar refractivity (Wildman–Crippen MR) is 95.0 cm³/mol. The van der Waals surface area contributed by atoms with Gasteiger partial charge in [-0.15, -0.1) is 0 Å². The molecule has 3 rings (SSSR count). The molecule has 1 atom stereocenters. The third-order valence-electron chi connectivity index (χ3n) is 4.63. The Morgan fingerprint density at radius 3 is 2.72 bits per heavy atom. The number of hydrogen-bond donors (Lipinski definition) is 1. The molecule has 1 aliphatic heterocycles. The van der Waals surface area contributed by atoms with Crippen molar-refractivity contribution in [3.8, 4) is 5.75 Å². The Kier molecular flexibility index (Phi) is 5.66. The summed E-state index contributed by atoms with van der Waals surface area (Å²) in [6, 6.07) is 14.4. The van der Waals surface area contributed by atoms with Gasteiger partial charge in [0, 0.05) is 26.1 Å². The molecule has 1 N–H and O–H groups in total. The molecule has 0 radical (unpaired) electrons. The monoisotopic (exact) mass is 342 g/mol. The molecule has 1 amide bonds. The zero-order valence-corrected chi connectivity index (χ0v) is 14.4. The van der Waals surface area contributed by atoms with Gasteiger partial charge in [-0.05, 0) is 35.7 Å². The highest BCUT2D eigenvalue weighted by molar-refractivity contribution is 5.77. The van der Waals surface area contributed by atoms with Crippen molar-refractivity contribution < 1.29 is 13.9 Å². The number of nitrogens with zero attached hydrogens (tertiary/aromatic N) is 1. The third-order valence-corrected chi connectivity index (χ3v) is 4.63. The zero-order valence-electron chi connectivity index (χ0n) is 14.4. The van der Waals surface area contributed by atoms with E-state index in [1.807, 2.05) is 29.2 Å². The van der Waals surface area contributed by atoms with Gasteiger partial charge in [-0.3, -0.25) is 4.79 Å². The van der Waals surface area contributed by atoms with Gasteiger partial charge in [0.25, 0.3) is 0 Å². The van der Waals surface area contributed by atoms with E-state index in [-0.39, 0.29) is 17.8 Å². The zero-order chi connectivity index (χ0) is 17.6. The maximum atomic E-state index is 13.7. The molecule has 0 bridgehead atoms. The van der Waals surface area contributed by atoms with E-state index >= 15 is 0 Å². The largest absolute Gasteiger partial charge is 0.497 e. The molecule has 1 unspecified atom stereocenters. The van der Waals surface area contributed by atoms with Crippen molar-refractivity contribution in [2.75, 3.05) is 26.7 Å². The first-order valence-corrected chi connectivity index (χ1v) is 8.56. The lowest BCUT2D eigenvalue weighted by Crippen LogP contribution is -2.48. The molecule has 0 aromatic heterocycles. The van der Waals surface area contributed by atoms with E-state index < -0.39 is 0 Å². The highest BCUT2D eigenvalue weighted by atomic mass is 19.1. The van der Waals surface area contributed by atoms with Crippen LogP contribution in [-0.2, 0) is 11.2 Å². The number of hydrogen-bond acceptors (Lipinski definition) is 3. The van der Waals surface area contributed by atoms with Crippen LogP contribution in [0.3, 0.4) is 0 Å². The minimum atomic E-state index is -0.248. The molecule has 2 aromatic carbocycles. The fourth-order valence-electron chi connectivity index (χ4n) is 3.21. The average molecular weight is 342 g/mol. The highest BCUT2D eigenvalue weighted by Gasteiger charge is 2.27. The number of amides is 1. The second kappa shape index (κ2) is 8.12. The van der Waals surface area contributed by atoms with Gasteiger partial charge in [0.1, 0.15) is 11.6 Å². The van der Waals surface area contributed by atoms with Crippen LogP contribution >= 0.6 is 0 Å². The Hall–Kier alpha value is -2.40. The van der Waals surface area contributed by atoms with Crippen molar-refractivity contribution in [1.29, 1.82) is 0 Å². The van der Waals surface area contributed by atoms with E-state index in [0.29, 0.717) is 24.9 Å². The van der Waals surface area contributed by atoms with E-state index in [1.165, 1.54) is 6.07 Å². The average Bonchev–Trinajstić information content (AvgIpc) is 2.67. The van der Waals surface area contributed by atoms with Crippen molar-refractivity contribution in [3.63, 3.8) is 0 Å². The van der Waals surface area contributed by atoms with Gasteiger partial charge in [0.05, 0.1) is 13.2 Å². The molecular weight excluding hydrogens is 319 g/mol. The summed E-state index contributed by atoms with van der Waals surface area (Å²) in [5, 5.41) is 3.34. The second-order valence-corrected chi connectivity index (χ2v) is 6.17. The summed E-state index contributed by atoms with van der Waals surface area (Å²) in [6.45, 7) is 2.16. The molecule has 1 aliphatic rings. The van der Waals surface area contributed by atoms with Crippen molar-refractivity contribution >= 4 is 5.91 Å². The fourth-order valence-corrected chi connectivity index (χ4v) is 3.21. The van der Waals surface area contributed by atoms with Gasteiger partial charge in [0.2, 0.25) is 5.91 Å². The molecule has 1 fully saturated rings. The lowest BCUT2D eigenvalue weighted by Gasteiger charge is -2.36. The molecule has 1 heterocycles. The predicted octanol–water partition coefficient (Wildman–Crippen LogP) is 2.94. The number of benzene rings is 2. The first-order chi connectivity index (χ1) is 12.2. The van der Waals surface area contributed by atoms with Crippen molar-refractivity contribution in [3.05, 3.63) is 65.5 Å². The van der Waals surface area contributed by atoms with E-state index in [9.17, 15) is 9.18 Å². The number of nitrogens with one attached hydrogen (secondary N) is 1. The molecular formula is C20H23FN2O2. The summed E-state index contributed by atoms with van der Waals surface area (Å²) >= 11 is 0. The highest BCUT2D eigenvalue weighted by Crippen LogP contribution is 2.25. The Morgan fingerprint density at radius 1 is 1.24 bits per heavy atom. The molecule has 25 heavy (non-hydrogen) atoms. The fraction of sp³-hybridized carbons (Fsp3) is 0.350. The Balaban J connectivity index is 1.69. The topological polar surface area (TPSA) is 41.6 Å². The third kappa shape index (κ3) is 4.17. The van der Waals surface area contributed by atoms with Crippen LogP contribution in [-0.4, -0.2) is 37.6 Å². The molecule has 0 spiro atoms. The quantitative estimate of drug-likeness (QED) is 0.908. The number of halogens is 1. The Labute approximate surface area is 147 Å².